The van der Waals surface area contributed by atoms with Gasteiger partial charge in [0.15, 0.2) is 5.65 Å². The van der Waals surface area contributed by atoms with Crippen molar-refractivity contribution in [2.75, 3.05) is 31.5 Å². The molecule has 1 aliphatic heterocycles. The summed E-state index contributed by atoms with van der Waals surface area (Å²) in [6.07, 6.45) is 4.19. The normalized spacial score (nSPS) is 16.8. The summed E-state index contributed by atoms with van der Waals surface area (Å²) < 4.78 is 2.65. The number of likely N-dealkylation sites (tertiary alicyclic amines) is 1. The van der Waals surface area contributed by atoms with Crippen LogP contribution in [0.15, 0.2) is 71.3 Å². The second-order valence-corrected chi connectivity index (χ2v) is 10.1. The number of phenols is 1. The lowest BCUT2D eigenvalue weighted by molar-refractivity contribution is 0.173. The van der Waals surface area contributed by atoms with E-state index in [9.17, 15) is 5.11 Å². The van der Waals surface area contributed by atoms with E-state index in [1.807, 2.05) is 42.6 Å². The van der Waals surface area contributed by atoms with Gasteiger partial charge in [-0.1, -0.05) is 63.2 Å². The molecule has 5 rings (SSSR count). The number of anilines is 1. The van der Waals surface area contributed by atoms with Crippen LogP contribution < -0.4 is 5.32 Å². The first-order valence-corrected chi connectivity index (χ1v) is 13.7. The molecule has 2 aromatic carbocycles. The van der Waals surface area contributed by atoms with Gasteiger partial charge < -0.3 is 15.3 Å². The third-order valence-electron chi connectivity index (χ3n) is 6.68. The maximum absolute atomic E-state index is 10.4. The number of rotatable bonds is 7. The molecule has 1 saturated heterocycles. The fourth-order valence-corrected chi connectivity index (χ4v) is 5.25. The minimum absolute atomic E-state index is 0.219. The lowest BCUT2D eigenvalue weighted by Gasteiger charge is -2.34. The SMILES string of the molecule is CC.CC(CN1CCCC(CNc2cc(-c3ccccc3O)nc3c(Br)cnn23)C1)c1ccccc1. The largest absolute Gasteiger partial charge is 0.507 e. The predicted octanol–water partition coefficient (Wildman–Crippen LogP) is 6.82. The summed E-state index contributed by atoms with van der Waals surface area (Å²) in [5.41, 5.74) is 3.56. The Morgan fingerprint density at radius 2 is 1.86 bits per heavy atom. The van der Waals surface area contributed by atoms with E-state index in [-0.39, 0.29) is 5.75 Å². The van der Waals surface area contributed by atoms with Gasteiger partial charge in [-0.3, -0.25) is 0 Å². The predicted molar refractivity (Wildman–Crippen MR) is 152 cm³/mol. The van der Waals surface area contributed by atoms with Gasteiger partial charge in [0, 0.05) is 31.3 Å². The maximum Gasteiger partial charge on any atom is 0.172 e. The Bertz CT molecular complexity index is 1260. The minimum Gasteiger partial charge on any atom is -0.507 e. The minimum atomic E-state index is 0.219. The Labute approximate surface area is 222 Å². The highest BCUT2D eigenvalue weighted by atomic mass is 79.9. The molecule has 2 N–H and O–H groups in total. The van der Waals surface area contributed by atoms with Crippen LogP contribution in [0.2, 0.25) is 0 Å². The van der Waals surface area contributed by atoms with Crippen molar-refractivity contribution in [2.24, 2.45) is 5.92 Å². The number of nitrogens with zero attached hydrogens (tertiary/aromatic N) is 4. The van der Waals surface area contributed by atoms with E-state index in [0.29, 0.717) is 17.4 Å². The molecule has 1 aliphatic rings. The van der Waals surface area contributed by atoms with E-state index in [4.69, 9.17) is 4.98 Å². The smallest absolute Gasteiger partial charge is 0.172 e. The topological polar surface area (TPSA) is 65.7 Å². The molecular formula is C29H36BrN5O. The molecule has 7 heteroatoms. The zero-order valence-corrected chi connectivity index (χ0v) is 22.9. The van der Waals surface area contributed by atoms with Crippen molar-refractivity contribution in [3.8, 4) is 17.0 Å². The van der Waals surface area contributed by atoms with Gasteiger partial charge in [0.25, 0.3) is 0 Å². The molecule has 190 valence electrons. The summed E-state index contributed by atoms with van der Waals surface area (Å²) >= 11 is 3.56. The number of nitrogens with one attached hydrogen (secondary N) is 1. The van der Waals surface area contributed by atoms with Crippen molar-refractivity contribution in [1.29, 1.82) is 0 Å². The Hall–Kier alpha value is -2.90. The first-order chi connectivity index (χ1) is 17.6. The van der Waals surface area contributed by atoms with E-state index in [0.717, 1.165) is 47.8 Å². The molecular weight excluding hydrogens is 514 g/mol. The van der Waals surface area contributed by atoms with Gasteiger partial charge in [-0.15, -0.1) is 0 Å². The number of halogens is 1. The molecule has 0 bridgehead atoms. The summed E-state index contributed by atoms with van der Waals surface area (Å²) in [7, 11) is 0. The van der Waals surface area contributed by atoms with E-state index in [1.165, 1.54) is 18.4 Å². The number of piperidine rings is 1. The number of para-hydroxylation sites is 1. The van der Waals surface area contributed by atoms with Crippen LogP contribution >= 0.6 is 15.9 Å². The molecule has 36 heavy (non-hydrogen) atoms. The summed E-state index contributed by atoms with van der Waals surface area (Å²) in [5, 5.41) is 18.5. The van der Waals surface area contributed by atoms with Crippen molar-refractivity contribution in [1.82, 2.24) is 19.5 Å². The molecule has 2 aromatic heterocycles. The van der Waals surface area contributed by atoms with Gasteiger partial charge >= 0.3 is 0 Å². The Morgan fingerprint density at radius 1 is 1.11 bits per heavy atom. The van der Waals surface area contributed by atoms with E-state index >= 15 is 0 Å². The van der Waals surface area contributed by atoms with Crippen LogP contribution in [0.3, 0.4) is 0 Å². The van der Waals surface area contributed by atoms with Gasteiger partial charge in [0.05, 0.1) is 16.4 Å². The van der Waals surface area contributed by atoms with Crippen molar-refractivity contribution in [3.63, 3.8) is 0 Å². The standard InChI is InChI=1S/C27H30BrN5O.C2H6/c1-19(21-9-3-2-4-10-21)17-32-13-7-8-20(18-32)15-29-26-14-24(22-11-5-6-12-25(22)34)31-27-23(28)16-30-33(26)27;1-2/h2-6,9-12,14,16,19-20,29,34H,7-8,13,15,17-18H2,1H3;1-2H3. The van der Waals surface area contributed by atoms with Crippen LogP contribution in [-0.4, -0.2) is 50.8 Å². The van der Waals surface area contributed by atoms with Crippen LogP contribution in [0, 0.1) is 5.92 Å². The molecule has 0 saturated carbocycles. The Morgan fingerprint density at radius 3 is 2.64 bits per heavy atom. The molecule has 6 nitrogen and oxygen atoms in total. The summed E-state index contributed by atoms with van der Waals surface area (Å²) in [5.74, 6) is 2.18. The molecule has 1 fully saturated rings. The van der Waals surface area contributed by atoms with Gasteiger partial charge in [-0.25, -0.2) is 4.98 Å². The highest BCUT2D eigenvalue weighted by molar-refractivity contribution is 9.10. The second kappa shape index (κ2) is 12.4. The van der Waals surface area contributed by atoms with Crippen molar-refractivity contribution >= 4 is 27.4 Å². The quantitative estimate of drug-likeness (QED) is 0.265. The lowest BCUT2D eigenvalue weighted by atomic mass is 9.95. The third-order valence-corrected chi connectivity index (χ3v) is 7.24. The van der Waals surface area contributed by atoms with Crippen LogP contribution in [-0.2, 0) is 0 Å². The number of phenolic OH excluding ortho intramolecular Hbond substituents is 1. The Kier molecular flexibility index (Phi) is 8.99. The fourth-order valence-electron chi connectivity index (χ4n) is 4.90. The lowest BCUT2D eigenvalue weighted by Crippen LogP contribution is -2.40. The number of fused-ring (bicyclic) bond motifs is 1. The van der Waals surface area contributed by atoms with Gasteiger partial charge in [-0.2, -0.15) is 9.61 Å². The molecule has 0 spiro atoms. The summed E-state index contributed by atoms with van der Waals surface area (Å²) in [6, 6.07) is 20.1. The van der Waals surface area contributed by atoms with Crippen molar-refractivity contribution in [2.45, 2.75) is 39.5 Å². The highest BCUT2D eigenvalue weighted by Gasteiger charge is 2.22. The molecule has 2 unspecified atom stereocenters. The number of aromatic hydroxyl groups is 1. The number of hydrogen-bond acceptors (Lipinski definition) is 5. The van der Waals surface area contributed by atoms with E-state index in [2.05, 4.69) is 68.5 Å². The molecule has 0 radical (unpaired) electrons. The zero-order valence-electron chi connectivity index (χ0n) is 21.4. The first kappa shape index (κ1) is 26.2. The van der Waals surface area contributed by atoms with E-state index < -0.39 is 0 Å². The van der Waals surface area contributed by atoms with Crippen molar-refractivity contribution in [3.05, 3.63) is 76.9 Å². The summed E-state index contributed by atoms with van der Waals surface area (Å²) in [4.78, 5) is 7.34. The van der Waals surface area contributed by atoms with Crippen LogP contribution in [0.25, 0.3) is 16.9 Å². The molecule has 3 heterocycles. The average Bonchev–Trinajstić information content (AvgIpc) is 3.30. The number of hydrogen-bond donors (Lipinski definition) is 2. The monoisotopic (exact) mass is 549 g/mol. The maximum atomic E-state index is 10.4. The molecule has 0 aliphatic carbocycles. The highest BCUT2D eigenvalue weighted by Crippen LogP contribution is 2.31. The zero-order chi connectivity index (χ0) is 25.5. The number of aromatic nitrogens is 3. The van der Waals surface area contributed by atoms with Crippen molar-refractivity contribution < 1.29 is 5.11 Å². The van der Waals surface area contributed by atoms with E-state index in [1.54, 1.807) is 12.3 Å². The van der Waals surface area contributed by atoms with Crippen LogP contribution in [0.1, 0.15) is 45.1 Å². The first-order valence-electron chi connectivity index (χ1n) is 12.9. The Balaban J connectivity index is 0.00000148. The fraction of sp³-hybridized carbons (Fsp3) is 0.379. The average molecular weight is 551 g/mol. The van der Waals surface area contributed by atoms with Gasteiger partial charge in [-0.05, 0) is 64.8 Å². The van der Waals surface area contributed by atoms with Gasteiger partial charge in [0.1, 0.15) is 11.6 Å². The van der Waals surface area contributed by atoms with Crippen LogP contribution in [0.5, 0.6) is 5.75 Å². The molecule has 2 atom stereocenters. The third kappa shape index (κ3) is 6.08. The molecule has 0 amide bonds. The number of benzene rings is 2. The van der Waals surface area contributed by atoms with Crippen LogP contribution in [0.4, 0.5) is 5.82 Å². The molecule has 4 aromatic rings. The summed E-state index contributed by atoms with van der Waals surface area (Å²) in [6.45, 7) is 10.5. The van der Waals surface area contributed by atoms with Gasteiger partial charge in [0.2, 0.25) is 0 Å². The second-order valence-electron chi connectivity index (χ2n) is 9.23.